The van der Waals surface area contributed by atoms with Crippen LogP contribution >= 0.6 is 0 Å². The summed E-state index contributed by atoms with van der Waals surface area (Å²) in [5.41, 5.74) is 4.01. The molecule has 0 spiro atoms. The van der Waals surface area contributed by atoms with Gasteiger partial charge in [0.05, 0.1) is 48.1 Å². The number of nitrogens with zero attached hydrogens (tertiary/aromatic N) is 6. The Morgan fingerprint density at radius 3 is 1.47 bits per heavy atom. The van der Waals surface area contributed by atoms with Crippen LogP contribution in [0.4, 0.5) is 0 Å². The van der Waals surface area contributed by atoms with Crippen molar-refractivity contribution in [1.29, 1.82) is 0 Å². The van der Waals surface area contributed by atoms with Crippen LogP contribution < -0.4 is 18.9 Å². The number of rotatable bonds is 12. The van der Waals surface area contributed by atoms with Gasteiger partial charge in [-0.3, -0.25) is 19.8 Å². The smallest absolute Gasteiger partial charge is 0.242 e. The summed E-state index contributed by atoms with van der Waals surface area (Å²) >= 11 is 0. The zero-order valence-corrected chi connectivity index (χ0v) is 34.1. The minimum absolute atomic E-state index is 0.180. The Kier molecular flexibility index (Phi) is 10.0. The van der Waals surface area contributed by atoms with Crippen LogP contribution in [0.15, 0.2) is 85.2 Å². The Labute approximate surface area is 340 Å². The van der Waals surface area contributed by atoms with Crippen molar-refractivity contribution in [3.05, 3.63) is 96.3 Å². The van der Waals surface area contributed by atoms with Crippen LogP contribution in [0.25, 0.3) is 32.6 Å². The number of benzene rings is 3. The quantitative estimate of drug-likeness (QED) is 0.120. The van der Waals surface area contributed by atoms with Gasteiger partial charge in [0.15, 0.2) is 0 Å². The molecule has 0 radical (unpaired) electrons. The molecule has 0 saturated carbocycles. The molecule has 4 bridgehead atoms. The van der Waals surface area contributed by atoms with Gasteiger partial charge < -0.3 is 18.9 Å². The molecule has 58 heavy (non-hydrogen) atoms. The van der Waals surface area contributed by atoms with E-state index in [1.54, 1.807) is 14.2 Å². The molecule has 10 atom stereocenters. The summed E-state index contributed by atoms with van der Waals surface area (Å²) in [4.78, 5) is 14.8. The van der Waals surface area contributed by atoms with E-state index in [-0.39, 0.29) is 24.3 Å². The van der Waals surface area contributed by atoms with Gasteiger partial charge in [-0.15, -0.1) is 10.2 Å². The minimum Gasteiger partial charge on any atom is -0.497 e. The lowest BCUT2D eigenvalue weighted by Gasteiger charge is -2.52. The second kappa shape index (κ2) is 15.6. The number of hydrogen-bond donors (Lipinski definition) is 0. The highest BCUT2D eigenvalue weighted by Gasteiger charge is 2.46. The van der Waals surface area contributed by atoms with E-state index in [0.717, 1.165) is 94.2 Å². The number of piperidine rings is 6. The van der Waals surface area contributed by atoms with E-state index in [1.807, 2.05) is 36.7 Å². The van der Waals surface area contributed by atoms with Gasteiger partial charge in [0.1, 0.15) is 23.7 Å². The van der Waals surface area contributed by atoms with Crippen molar-refractivity contribution < 1.29 is 18.9 Å². The lowest BCUT2D eigenvalue weighted by atomic mass is 9.72. The number of hydrogen-bond acceptors (Lipinski definition) is 10. The number of pyridine rings is 2. The van der Waals surface area contributed by atoms with Gasteiger partial charge in [-0.25, -0.2) is 0 Å². The Morgan fingerprint density at radius 1 is 0.603 bits per heavy atom. The van der Waals surface area contributed by atoms with Crippen LogP contribution in [0, 0.1) is 23.7 Å². The first-order valence-corrected chi connectivity index (χ1v) is 21.5. The zero-order chi connectivity index (χ0) is 39.3. The summed E-state index contributed by atoms with van der Waals surface area (Å²) in [7, 11) is 3.42. The molecule has 6 saturated heterocycles. The maximum absolute atomic E-state index is 7.30. The van der Waals surface area contributed by atoms with E-state index < -0.39 is 0 Å². The number of ether oxygens (including phenoxy) is 4. The molecule has 0 amide bonds. The van der Waals surface area contributed by atoms with Crippen LogP contribution in [0.2, 0.25) is 0 Å². The van der Waals surface area contributed by atoms with Gasteiger partial charge in [0.25, 0.3) is 0 Å². The Bertz CT molecular complexity index is 2280. The normalized spacial score (nSPS) is 27.4. The monoisotopic (exact) mass is 778 g/mol. The van der Waals surface area contributed by atoms with Crippen LogP contribution in [-0.4, -0.2) is 82.4 Å². The van der Waals surface area contributed by atoms with Gasteiger partial charge in [-0.05, 0) is 123 Å². The number of methoxy groups -OCH3 is 2. The molecular weight excluding hydrogens is 725 g/mol. The maximum Gasteiger partial charge on any atom is 0.242 e. The van der Waals surface area contributed by atoms with Crippen molar-refractivity contribution >= 4 is 32.6 Å². The third-order valence-corrected chi connectivity index (χ3v) is 14.3. The second-order valence-corrected chi connectivity index (χ2v) is 17.0. The highest BCUT2D eigenvalue weighted by Crippen LogP contribution is 2.47. The Hall–Kier alpha value is -5.06. The SMILES string of the molecule is CCC1CN2CCC1C[C@@H]2[C@@H](Oc1nnc(O[C@@H](c2ccnc3ccc(OC)cc23)[C@@H]2CC3CCN2CC3CC)c2ccccc12)c1ccnc2ccc(OC)cc12. The molecule has 0 N–H and O–H groups in total. The first-order chi connectivity index (χ1) is 28.5. The van der Waals surface area contributed by atoms with Crippen molar-refractivity contribution in [3.8, 4) is 23.3 Å². The zero-order valence-electron chi connectivity index (χ0n) is 34.1. The van der Waals surface area contributed by atoms with E-state index >= 15 is 0 Å². The van der Waals surface area contributed by atoms with Gasteiger partial charge in [0.2, 0.25) is 11.8 Å². The van der Waals surface area contributed by atoms with E-state index in [1.165, 1.54) is 25.7 Å². The highest BCUT2D eigenvalue weighted by atomic mass is 16.5. The fraction of sp³-hybridized carbons (Fsp3) is 0.458. The average Bonchev–Trinajstić information content (AvgIpc) is 3.29. The standard InChI is InChI=1S/C48H54N6O4/c1-5-29-27-53-21-17-31(29)23-43(53)45(35-15-19-49-41-13-11-33(55-3)25-39(35)41)57-47-37-9-7-8-10-38(37)48(52-51-47)58-46(44-24-32-18-22-54(44)28-30(32)6-2)36-16-20-50-42-14-12-34(56-4)26-40(36)42/h7-16,19-20,25-26,29-32,43-46H,5-6,17-18,21-24,27-28H2,1-4H3/t29?,30?,31?,32?,43-,44+,45-,46-/m0/s1. The molecule has 10 heteroatoms. The van der Waals surface area contributed by atoms with Gasteiger partial charge in [0, 0.05) is 47.4 Å². The summed E-state index contributed by atoms with van der Waals surface area (Å²) in [6.07, 6.45) is 10.2. The van der Waals surface area contributed by atoms with Crippen LogP contribution in [0.1, 0.15) is 75.7 Å². The summed E-state index contributed by atoms with van der Waals surface area (Å²) in [5, 5.41) is 13.7. The first kappa shape index (κ1) is 37.2. The molecule has 3 aromatic heterocycles. The van der Waals surface area contributed by atoms with Crippen molar-refractivity contribution in [2.45, 2.75) is 76.7 Å². The fourth-order valence-corrected chi connectivity index (χ4v) is 11.1. The summed E-state index contributed by atoms with van der Waals surface area (Å²) < 4.78 is 26.0. The van der Waals surface area contributed by atoms with Crippen LogP contribution in [-0.2, 0) is 0 Å². The molecule has 9 heterocycles. The van der Waals surface area contributed by atoms with Crippen molar-refractivity contribution in [2.24, 2.45) is 23.7 Å². The lowest BCUT2D eigenvalue weighted by molar-refractivity contribution is -0.0505. The maximum atomic E-state index is 7.30. The average molecular weight is 779 g/mol. The Balaban J connectivity index is 1.06. The molecule has 12 rings (SSSR count). The molecule has 3 aromatic carbocycles. The first-order valence-electron chi connectivity index (χ1n) is 21.5. The third kappa shape index (κ3) is 6.58. The number of aromatic nitrogens is 4. The molecule has 6 fully saturated rings. The second-order valence-electron chi connectivity index (χ2n) is 17.0. The molecule has 6 aliphatic heterocycles. The van der Waals surface area contributed by atoms with Gasteiger partial charge in [-0.1, -0.05) is 38.8 Å². The third-order valence-electron chi connectivity index (χ3n) is 14.3. The molecule has 10 nitrogen and oxygen atoms in total. The lowest BCUT2D eigenvalue weighted by Crippen LogP contribution is -2.56. The van der Waals surface area contributed by atoms with Crippen LogP contribution in [0.5, 0.6) is 23.3 Å². The Morgan fingerprint density at radius 2 is 1.07 bits per heavy atom. The molecule has 6 aromatic rings. The van der Waals surface area contributed by atoms with Crippen molar-refractivity contribution in [2.75, 3.05) is 40.4 Å². The van der Waals surface area contributed by atoms with E-state index in [0.29, 0.717) is 35.4 Å². The summed E-state index contributed by atoms with van der Waals surface area (Å²) in [5.74, 6) is 5.39. The largest absolute Gasteiger partial charge is 0.497 e. The minimum atomic E-state index is -0.300. The molecule has 6 unspecified atom stereocenters. The van der Waals surface area contributed by atoms with E-state index in [9.17, 15) is 0 Å². The van der Waals surface area contributed by atoms with Crippen molar-refractivity contribution in [3.63, 3.8) is 0 Å². The molecule has 300 valence electrons. The van der Waals surface area contributed by atoms with E-state index in [4.69, 9.17) is 39.1 Å². The summed E-state index contributed by atoms with van der Waals surface area (Å²) in [6, 6.07) is 25.1. The van der Waals surface area contributed by atoms with Crippen molar-refractivity contribution in [1.82, 2.24) is 30.0 Å². The predicted octanol–water partition coefficient (Wildman–Crippen LogP) is 9.22. The molecular formula is C48H54N6O4. The van der Waals surface area contributed by atoms with Crippen LogP contribution in [0.3, 0.4) is 0 Å². The topological polar surface area (TPSA) is 95.0 Å². The predicted molar refractivity (Wildman–Crippen MR) is 227 cm³/mol. The molecule has 0 aliphatic carbocycles. The summed E-state index contributed by atoms with van der Waals surface area (Å²) in [6.45, 7) is 9.00. The number of fused-ring (bicyclic) bond motifs is 9. The highest BCUT2D eigenvalue weighted by molar-refractivity contribution is 5.91. The van der Waals surface area contributed by atoms with Gasteiger partial charge in [-0.2, -0.15) is 0 Å². The molecule has 6 aliphatic rings. The van der Waals surface area contributed by atoms with Gasteiger partial charge >= 0.3 is 0 Å². The fourth-order valence-electron chi connectivity index (χ4n) is 11.1. The van der Waals surface area contributed by atoms with E-state index in [2.05, 4.69) is 72.2 Å².